The SMILES string of the molecule is CCCCOc1cc2c([nH]c(=O)n2Cc2ccc(CN3CCC(CCNC(=O)C(N)CCCCNC(=O)CON)CC3)cc2)c(N)n1. The molecule has 1 aromatic carbocycles. The quantitative estimate of drug-likeness (QED) is 0.0816. The number of nitrogens with two attached hydrogens (primary N) is 3. The third-order valence-corrected chi connectivity index (χ3v) is 8.66. The molecule has 3 heterocycles. The van der Waals surface area contributed by atoms with E-state index in [0.717, 1.165) is 70.1 Å². The minimum Gasteiger partial charge on any atom is -0.478 e. The minimum absolute atomic E-state index is 0.122. The van der Waals surface area contributed by atoms with Crippen molar-refractivity contribution in [3.05, 3.63) is 51.9 Å². The zero-order valence-electron chi connectivity index (χ0n) is 27.5. The lowest BCUT2D eigenvalue weighted by Gasteiger charge is -2.32. The first-order chi connectivity index (χ1) is 22.8. The van der Waals surface area contributed by atoms with E-state index in [1.54, 1.807) is 10.6 Å². The molecule has 14 nitrogen and oxygen atoms in total. The highest BCUT2D eigenvalue weighted by molar-refractivity contribution is 5.86. The van der Waals surface area contributed by atoms with Gasteiger partial charge in [0.15, 0.2) is 5.82 Å². The Morgan fingerprint density at radius 1 is 1.06 bits per heavy atom. The number of unbranched alkanes of at least 4 members (excludes halogenated alkanes) is 2. The number of amides is 2. The number of likely N-dealkylation sites (tertiary alicyclic amines) is 1. The molecule has 2 amide bonds. The van der Waals surface area contributed by atoms with E-state index >= 15 is 0 Å². The molecule has 0 spiro atoms. The second-order valence-electron chi connectivity index (χ2n) is 12.3. The van der Waals surface area contributed by atoms with Gasteiger partial charge in [-0.05, 0) is 75.1 Å². The molecular weight excluding hydrogens is 602 g/mol. The Labute approximate surface area is 275 Å². The molecule has 258 valence electrons. The van der Waals surface area contributed by atoms with Crippen LogP contribution in [0.5, 0.6) is 5.88 Å². The lowest BCUT2D eigenvalue weighted by molar-refractivity contribution is -0.126. The molecular formula is C33H51N9O5. The second kappa shape index (κ2) is 18.4. The maximum absolute atomic E-state index is 12.8. The van der Waals surface area contributed by atoms with E-state index in [2.05, 4.69) is 61.5 Å². The van der Waals surface area contributed by atoms with E-state index in [-0.39, 0.29) is 29.9 Å². The van der Waals surface area contributed by atoms with Crippen LogP contribution >= 0.6 is 0 Å². The molecule has 0 saturated carbocycles. The summed E-state index contributed by atoms with van der Waals surface area (Å²) in [6.07, 6.45) is 7.10. The third-order valence-electron chi connectivity index (χ3n) is 8.66. The molecule has 1 saturated heterocycles. The number of benzene rings is 1. The molecule has 1 aliphatic rings. The summed E-state index contributed by atoms with van der Waals surface area (Å²) in [5, 5.41) is 5.68. The second-order valence-corrected chi connectivity index (χ2v) is 12.3. The largest absolute Gasteiger partial charge is 0.478 e. The number of imidazole rings is 1. The van der Waals surface area contributed by atoms with Gasteiger partial charge in [-0.2, -0.15) is 4.98 Å². The number of H-pyrrole nitrogens is 1. The Morgan fingerprint density at radius 3 is 2.49 bits per heavy atom. The van der Waals surface area contributed by atoms with Gasteiger partial charge in [0.1, 0.15) is 12.1 Å². The molecule has 47 heavy (non-hydrogen) atoms. The van der Waals surface area contributed by atoms with Gasteiger partial charge in [-0.15, -0.1) is 0 Å². The van der Waals surface area contributed by atoms with Crippen molar-refractivity contribution < 1.29 is 19.2 Å². The Morgan fingerprint density at radius 2 is 1.79 bits per heavy atom. The van der Waals surface area contributed by atoms with Crippen molar-refractivity contribution in [2.24, 2.45) is 17.5 Å². The fourth-order valence-corrected chi connectivity index (χ4v) is 5.83. The number of carbonyl (C=O) groups excluding carboxylic acids is 2. The molecule has 2 aromatic heterocycles. The van der Waals surface area contributed by atoms with Gasteiger partial charge in [-0.3, -0.25) is 23.9 Å². The molecule has 0 radical (unpaired) electrons. The lowest BCUT2D eigenvalue weighted by atomic mass is 9.93. The number of hydrogen-bond acceptors (Lipinski definition) is 10. The maximum Gasteiger partial charge on any atom is 0.326 e. The van der Waals surface area contributed by atoms with E-state index in [0.29, 0.717) is 55.5 Å². The summed E-state index contributed by atoms with van der Waals surface area (Å²) < 4.78 is 7.42. The van der Waals surface area contributed by atoms with Crippen molar-refractivity contribution in [2.45, 2.75) is 77.4 Å². The first kappa shape index (κ1) is 35.9. The number of anilines is 1. The number of fused-ring (bicyclic) bond motifs is 1. The van der Waals surface area contributed by atoms with Crippen LogP contribution in [0, 0.1) is 5.92 Å². The van der Waals surface area contributed by atoms with Crippen molar-refractivity contribution in [1.82, 2.24) is 30.1 Å². The molecule has 14 heteroatoms. The minimum atomic E-state index is -0.548. The Balaban J connectivity index is 1.15. The third kappa shape index (κ3) is 11.1. The summed E-state index contributed by atoms with van der Waals surface area (Å²) in [6, 6.07) is 9.62. The van der Waals surface area contributed by atoms with Gasteiger partial charge in [-0.1, -0.05) is 37.6 Å². The number of aromatic amines is 1. The molecule has 0 bridgehead atoms. The van der Waals surface area contributed by atoms with E-state index in [4.69, 9.17) is 22.1 Å². The number of carbonyl (C=O) groups is 2. The van der Waals surface area contributed by atoms with Gasteiger partial charge in [-0.25, -0.2) is 10.7 Å². The van der Waals surface area contributed by atoms with Gasteiger partial charge in [0.25, 0.3) is 0 Å². The van der Waals surface area contributed by atoms with Crippen LogP contribution in [0.2, 0.25) is 0 Å². The first-order valence-corrected chi connectivity index (χ1v) is 16.7. The number of nitrogen functional groups attached to an aromatic ring is 1. The van der Waals surface area contributed by atoms with E-state index < -0.39 is 6.04 Å². The van der Waals surface area contributed by atoms with Crippen LogP contribution in [-0.2, 0) is 27.5 Å². The molecule has 4 rings (SSSR count). The van der Waals surface area contributed by atoms with E-state index in [1.807, 2.05) is 0 Å². The van der Waals surface area contributed by atoms with Crippen LogP contribution < -0.4 is 38.4 Å². The average Bonchev–Trinajstić information content (AvgIpc) is 3.37. The maximum atomic E-state index is 12.8. The fraction of sp³-hybridized carbons (Fsp3) is 0.576. The summed E-state index contributed by atoms with van der Waals surface area (Å²) in [7, 11) is 0. The predicted molar refractivity (Wildman–Crippen MR) is 181 cm³/mol. The van der Waals surface area contributed by atoms with Crippen LogP contribution in [0.15, 0.2) is 35.1 Å². The van der Waals surface area contributed by atoms with Crippen molar-refractivity contribution in [1.29, 1.82) is 0 Å². The van der Waals surface area contributed by atoms with Crippen LogP contribution in [-0.4, -0.2) is 76.7 Å². The average molecular weight is 654 g/mol. The molecule has 1 fully saturated rings. The van der Waals surface area contributed by atoms with Crippen molar-refractivity contribution in [3.63, 3.8) is 0 Å². The number of nitrogens with zero attached hydrogens (tertiary/aromatic N) is 3. The summed E-state index contributed by atoms with van der Waals surface area (Å²) in [5.41, 5.74) is 15.4. The Bertz CT molecular complexity index is 1480. The summed E-state index contributed by atoms with van der Waals surface area (Å²) in [4.78, 5) is 50.3. The molecule has 9 N–H and O–H groups in total. The Kier molecular flexibility index (Phi) is 14.0. The molecule has 1 atom stereocenters. The number of nitrogens with one attached hydrogen (secondary N) is 3. The number of ether oxygens (including phenoxy) is 1. The highest BCUT2D eigenvalue weighted by Crippen LogP contribution is 2.24. The van der Waals surface area contributed by atoms with E-state index in [1.165, 1.54) is 5.56 Å². The van der Waals surface area contributed by atoms with Gasteiger partial charge in [0.05, 0.1) is 24.7 Å². The van der Waals surface area contributed by atoms with Crippen LogP contribution in [0.25, 0.3) is 11.0 Å². The standard InChI is InChI=1S/C33H51N9O5/c1-2-3-18-46-29-19-27-30(31(35)39-29)40-33(45)42(27)21-25-9-7-24(8-10-25)20-41-16-12-23(13-17-41)11-15-38-32(44)26(34)6-4-5-14-37-28(43)22-47-36/h7-10,19,23,26H,2-6,11-18,20-22,34,36H2,1H3,(H2,35,39)(H,37,43)(H,38,44)(H,40,45). The van der Waals surface area contributed by atoms with Gasteiger partial charge in [0.2, 0.25) is 17.7 Å². The number of piperidine rings is 1. The zero-order valence-corrected chi connectivity index (χ0v) is 27.5. The van der Waals surface area contributed by atoms with Crippen molar-refractivity contribution in [3.8, 4) is 5.88 Å². The van der Waals surface area contributed by atoms with Crippen molar-refractivity contribution in [2.75, 3.05) is 45.1 Å². The van der Waals surface area contributed by atoms with Crippen LogP contribution in [0.4, 0.5) is 5.82 Å². The molecule has 1 aliphatic heterocycles. The van der Waals surface area contributed by atoms with Gasteiger partial charge in [0, 0.05) is 25.7 Å². The summed E-state index contributed by atoms with van der Waals surface area (Å²) in [5.74, 6) is 5.73. The molecule has 0 aliphatic carbocycles. The van der Waals surface area contributed by atoms with Gasteiger partial charge < -0.3 is 31.8 Å². The number of hydrogen-bond donors (Lipinski definition) is 6. The normalized spacial score (nSPS) is 14.7. The predicted octanol–water partition coefficient (Wildman–Crippen LogP) is 1.76. The lowest BCUT2D eigenvalue weighted by Crippen LogP contribution is -2.42. The number of rotatable bonds is 19. The monoisotopic (exact) mass is 653 g/mol. The summed E-state index contributed by atoms with van der Waals surface area (Å²) in [6.45, 7) is 6.91. The van der Waals surface area contributed by atoms with Gasteiger partial charge >= 0.3 is 5.69 Å². The highest BCUT2D eigenvalue weighted by Gasteiger charge is 2.20. The van der Waals surface area contributed by atoms with Crippen LogP contribution in [0.3, 0.4) is 0 Å². The zero-order chi connectivity index (χ0) is 33.6. The smallest absolute Gasteiger partial charge is 0.326 e. The summed E-state index contributed by atoms with van der Waals surface area (Å²) >= 11 is 0. The number of aromatic nitrogens is 3. The van der Waals surface area contributed by atoms with E-state index in [9.17, 15) is 14.4 Å². The Hall–Kier alpha value is -3.98. The topological polar surface area (TPSA) is 209 Å². The van der Waals surface area contributed by atoms with Crippen molar-refractivity contribution >= 4 is 28.7 Å². The first-order valence-electron chi connectivity index (χ1n) is 16.7. The number of pyridine rings is 1. The van der Waals surface area contributed by atoms with Crippen LogP contribution in [0.1, 0.15) is 69.4 Å². The highest BCUT2D eigenvalue weighted by atomic mass is 16.6. The fourth-order valence-electron chi connectivity index (χ4n) is 5.83. The molecule has 3 aromatic rings. The molecule has 1 unspecified atom stereocenters.